The van der Waals surface area contributed by atoms with Gasteiger partial charge in [0.25, 0.3) is 0 Å². The van der Waals surface area contributed by atoms with Gasteiger partial charge in [-0.15, -0.1) is 0 Å². The highest BCUT2D eigenvalue weighted by atomic mass is 32.2. The molecule has 0 saturated heterocycles. The molecule has 2 aromatic rings. The zero-order chi connectivity index (χ0) is 13.3. The van der Waals surface area contributed by atoms with Crippen molar-refractivity contribution in [3.05, 3.63) is 77.9 Å². The number of aliphatic hydroxyl groups is 1. The Hall–Kier alpha value is -1.51. The maximum Gasteiger partial charge on any atom is 0.0880 e. The molecule has 0 fully saturated rings. The van der Waals surface area contributed by atoms with E-state index in [9.17, 15) is 5.11 Å². The van der Waals surface area contributed by atoms with E-state index in [2.05, 4.69) is 24.3 Å². The molecule has 0 aliphatic rings. The third-order valence-electron chi connectivity index (χ3n) is 2.78. The Morgan fingerprint density at radius 2 is 1.58 bits per heavy atom. The van der Waals surface area contributed by atoms with E-state index in [0.717, 1.165) is 17.1 Å². The van der Waals surface area contributed by atoms with Gasteiger partial charge in [-0.3, -0.25) is 0 Å². The molecular weight excluding hydrogens is 252 g/mol. The lowest BCUT2D eigenvalue weighted by Crippen LogP contribution is -2.00. The molecule has 0 spiro atoms. The van der Waals surface area contributed by atoms with Crippen molar-refractivity contribution < 1.29 is 5.11 Å². The standard InChI is InChI=1S/C17H18OS/c18-17(16-11-5-2-6-12-16)14-19-13-7-10-15-8-3-1-4-9-15/h1-12,17-18H,13-14H2/b10-7+/t17-/m0/s1. The number of benzene rings is 2. The maximum absolute atomic E-state index is 9.99. The van der Waals surface area contributed by atoms with Crippen LogP contribution in [0.1, 0.15) is 17.2 Å². The van der Waals surface area contributed by atoms with E-state index in [1.165, 1.54) is 5.56 Å². The molecule has 2 heteroatoms. The highest BCUT2D eigenvalue weighted by Gasteiger charge is 2.05. The van der Waals surface area contributed by atoms with Crippen molar-refractivity contribution in [3.63, 3.8) is 0 Å². The fraction of sp³-hybridized carbons (Fsp3) is 0.176. The largest absolute Gasteiger partial charge is 0.388 e. The smallest absolute Gasteiger partial charge is 0.0880 e. The first-order valence-electron chi connectivity index (χ1n) is 6.38. The summed E-state index contributed by atoms with van der Waals surface area (Å²) in [6.07, 6.45) is 3.87. The van der Waals surface area contributed by atoms with Gasteiger partial charge < -0.3 is 5.11 Å². The Balaban J connectivity index is 1.71. The molecule has 19 heavy (non-hydrogen) atoms. The van der Waals surface area contributed by atoms with Crippen molar-refractivity contribution >= 4 is 17.8 Å². The van der Waals surface area contributed by atoms with Crippen molar-refractivity contribution in [1.29, 1.82) is 0 Å². The van der Waals surface area contributed by atoms with Gasteiger partial charge in [-0.05, 0) is 11.1 Å². The molecule has 0 saturated carbocycles. The minimum Gasteiger partial charge on any atom is -0.388 e. The molecule has 0 heterocycles. The van der Waals surface area contributed by atoms with Gasteiger partial charge in [0.05, 0.1) is 6.10 Å². The van der Waals surface area contributed by atoms with Gasteiger partial charge in [-0.1, -0.05) is 72.8 Å². The first-order chi connectivity index (χ1) is 9.36. The second-order valence-corrected chi connectivity index (χ2v) is 5.35. The molecule has 0 amide bonds. The molecule has 1 nitrogen and oxygen atoms in total. The van der Waals surface area contributed by atoms with Crippen molar-refractivity contribution in [2.75, 3.05) is 11.5 Å². The van der Waals surface area contributed by atoms with Crippen molar-refractivity contribution in [3.8, 4) is 0 Å². The first-order valence-corrected chi connectivity index (χ1v) is 7.54. The monoisotopic (exact) mass is 270 g/mol. The van der Waals surface area contributed by atoms with E-state index in [4.69, 9.17) is 0 Å². The van der Waals surface area contributed by atoms with E-state index in [-0.39, 0.29) is 6.10 Å². The van der Waals surface area contributed by atoms with E-state index in [0.29, 0.717) is 0 Å². The summed E-state index contributed by atoms with van der Waals surface area (Å²) in [5.41, 5.74) is 2.20. The van der Waals surface area contributed by atoms with E-state index < -0.39 is 0 Å². The number of hydrogen-bond acceptors (Lipinski definition) is 2. The molecule has 0 aliphatic carbocycles. The van der Waals surface area contributed by atoms with Crippen LogP contribution in [-0.2, 0) is 0 Å². The zero-order valence-electron chi connectivity index (χ0n) is 10.8. The lowest BCUT2D eigenvalue weighted by atomic mass is 10.1. The summed E-state index contributed by atoms with van der Waals surface area (Å²) in [6.45, 7) is 0. The fourth-order valence-corrected chi connectivity index (χ4v) is 2.55. The molecule has 2 rings (SSSR count). The number of aliphatic hydroxyl groups excluding tert-OH is 1. The second-order valence-electron chi connectivity index (χ2n) is 4.28. The quantitative estimate of drug-likeness (QED) is 0.795. The van der Waals surface area contributed by atoms with Crippen LogP contribution in [0.25, 0.3) is 6.08 Å². The van der Waals surface area contributed by atoms with E-state index in [1.54, 1.807) is 11.8 Å². The predicted molar refractivity (Wildman–Crippen MR) is 84.2 cm³/mol. The highest BCUT2D eigenvalue weighted by Crippen LogP contribution is 2.18. The molecule has 0 aromatic heterocycles. The molecule has 1 atom stereocenters. The minimum atomic E-state index is -0.378. The number of thioether (sulfide) groups is 1. The molecule has 2 aromatic carbocycles. The summed E-state index contributed by atoms with van der Waals surface area (Å²) < 4.78 is 0. The third-order valence-corrected chi connectivity index (χ3v) is 3.76. The Morgan fingerprint density at radius 3 is 2.26 bits per heavy atom. The summed E-state index contributed by atoms with van der Waals surface area (Å²) >= 11 is 1.74. The average molecular weight is 270 g/mol. The van der Waals surface area contributed by atoms with Crippen LogP contribution < -0.4 is 0 Å². The van der Waals surface area contributed by atoms with Crippen LogP contribution in [0, 0.1) is 0 Å². The molecule has 0 aliphatic heterocycles. The number of hydrogen-bond donors (Lipinski definition) is 1. The summed E-state index contributed by atoms with van der Waals surface area (Å²) in [5, 5.41) is 9.99. The Kier molecular flexibility index (Phi) is 5.73. The summed E-state index contributed by atoms with van der Waals surface area (Å²) in [7, 11) is 0. The second kappa shape index (κ2) is 7.82. The topological polar surface area (TPSA) is 20.2 Å². The summed E-state index contributed by atoms with van der Waals surface area (Å²) in [4.78, 5) is 0. The summed E-state index contributed by atoms with van der Waals surface area (Å²) in [5.74, 6) is 1.64. The van der Waals surface area contributed by atoms with Crippen LogP contribution in [0.15, 0.2) is 66.7 Å². The van der Waals surface area contributed by atoms with Gasteiger partial charge in [0.15, 0.2) is 0 Å². The first kappa shape index (κ1) is 13.9. The van der Waals surface area contributed by atoms with Crippen molar-refractivity contribution in [2.45, 2.75) is 6.10 Å². The average Bonchev–Trinajstić information content (AvgIpc) is 2.49. The van der Waals surface area contributed by atoms with Gasteiger partial charge in [0.2, 0.25) is 0 Å². The lowest BCUT2D eigenvalue weighted by molar-refractivity contribution is 0.204. The van der Waals surface area contributed by atoms with Crippen LogP contribution in [0.3, 0.4) is 0 Å². The molecule has 98 valence electrons. The van der Waals surface area contributed by atoms with Crippen LogP contribution in [0.5, 0.6) is 0 Å². The molecule has 0 radical (unpaired) electrons. The predicted octanol–water partition coefficient (Wildman–Crippen LogP) is 4.17. The molecule has 1 N–H and O–H groups in total. The van der Waals surface area contributed by atoms with Crippen molar-refractivity contribution in [2.24, 2.45) is 0 Å². The maximum atomic E-state index is 9.99. The minimum absolute atomic E-state index is 0.378. The van der Waals surface area contributed by atoms with Gasteiger partial charge >= 0.3 is 0 Å². The van der Waals surface area contributed by atoms with E-state index in [1.807, 2.05) is 48.5 Å². The molecule has 0 unspecified atom stereocenters. The fourth-order valence-electron chi connectivity index (χ4n) is 1.77. The third kappa shape index (κ3) is 4.93. The lowest BCUT2D eigenvalue weighted by Gasteiger charge is -2.09. The van der Waals surface area contributed by atoms with Gasteiger partial charge in [-0.2, -0.15) is 11.8 Å². The molecular formula is C17H18OS. The van der Waals surface area contributed by atoms with Gasteiger partial charge in [0, 0.05) is 11.5 Å². The van der Waals surface area contributed by atoms with Crippen molar-refractivity contribution in [1.82, 2.24) is 0 Å². The van der Waals surface area contributed by atoms with Crippen LogP contribution in [0.4, 0.5) is 0 Å². The Labute approximate surface area is 119 Å². The highest BCUT2D eigenvalue weighted by molar-refractivity contribution is 7.99. The molecule has 0 bridgehead atoms. The normalized spacial score (nSPS) is 12.7. The van der Waals surface area contributed by atoms with Crippen LogP contribution in [0.2, 0.25) is 0 Å². The number of rotatable bonds is 6. The van der Waals surface area contributed by atoms with Gasteiger partial charge in [0.1, 0.15) is 0 Å². The Bertz CT molecular complexity index is 493. The zero-order valence-corrected chi connectivity index (χ0v) is 11.6. The van der Waals surface area contributed by atoms with Crippen LogP contribution >= 0.6 is 11.8 Å². The SMILES string of the molecule is O[C@@H](CSC/C=C/c1ccccc1)c1ccccc1. The van der Waals surface area contributed by atoms with Crippen LogP contribution in [-0.4, -0.2) is 16.6 Å². The van der Waals surface area contributed by atoms with E-state index >= 15 is 0 Å². The van der Waals surface area contributed by atoms with Gasteiger partial charge in [-0.25, -0.2) is 0 Å². The summed E-state index contributed by atoms with van der Waals surface area (Å²) in [6, 6.07) is 20.1. The Morgan fingerprint density at radius 1 is 0.947 bits per heavy atom.